The average molecular weight is 431 g/mol. The lowest BCUT2D eigenvalue weighted by Gasteiger charge is -2.24. The highest BCUT2D eigenvalue weighted by molar-refractivity contribution is 5.93. The van der Waals surface area contributed by atoms with Crippen LogP contribution in [0.1, 0.15) is 45.7 Å². The molecule has 0 spiro atoms. The normalized spacial score (nSPS) is 9.78. The van der Waals surface area contributed by atoms with Crippen molar-refractivity contribution in [3.05, 3.63) is 70.3 Å². The monoisotopic (exact) mass is 431 g/mol. The standard InChI is InChI=1S/C25H25N3O4/c1-4-19-15-23(11-10-22(19)14-18(16-26)17-27)28(5-2)12-13-32-25(30)21-8-6-20(7-9-21)24(29)31-3/h6-11,14-15H,4-5,12-13H2,1-3H3. The molecule has 0 aliphatic carbocycles. The zero-order valence-corrected chi connectivity index (χ0v) is 18.4. The quantitative estimate of drug-likeness (QED) is 0.434. The van der Waals surface area contributed by atoms with E-state index in [-0.39, 0.29) is 12.2 Å². The molecule has 0 radical (unpaired) electrons. The molecular formula is C25H25N3O4. The Morgan fingerprint density at radius 3 is 2.16 bits per heavy atom. The molecule has 7 heteroatoms. The van der Waals surface area contributed by atoms with Gasteiger partial charge in [0.25, 0.3) is 0 Å². The molecular weight excluding hydrogens is 406 g/mol. The topological polar surface area (TPSA) is 103 Å². The number of carbonyl (C=O) groups excluding carboxylic acids is 2. The van der Waals surface area contributed by atoms with Gasteiger partial charge in [0.15, 0.2) is 0 Å². The van der Waals surface area contributed by atoms with Crippen LogP contribution in [0.5, 0.6) is 0 Å². The number of allylic oxidation sites excluding steroid dienone is 1. The molecule has 0 N–H and O–H groups in total. The molecule has 32 heavy (non-hydrogen) atoms. The number of aryl methyl sites for hydroxylation is 1. The van der Waals surface area contributed by atoms with E-state index < -0.39 is 11.9 Å². The largest absolute Gasteiger partial charge is 0.465 e. The fourth-order valence-electron chi connectivity index (χ4n) is 3.14. The molecule has 2 aromatic rings. The summed E-state index contributed by atoms with van der Waals surface area (Å²) in [6.07, 6.45) is 2.34. The van der Waals surface area contributed by atoms with Crippen LogP contribution in [0, 0.1) is 22.7 Å². The lowest BCUT2D eigenvalue weighted by Crippen LogP contribution is -2.28. The molecule has 0 saturated heterocycles. The van der Waals surface area contributed by atoms with Crippen molar-refractivity contribution in [3.8, 4) is 12.1 Å². The van der Waals surface area contributed by atoms with Gasteiger partial charge in [0.2, 0.25) is 0 Å². The highest BCUT2D eigenvalue weighted by Crippen LogP contribution is 2.22. The molecule has 0 heterocycles. The summed E-state index contributed by atoms with van der Waals surface area (Å²) in [5, 5.41) is 18.0. The second-order valence-corrected chi connectivity index (χ2v) is 6.80. The van der Waals surface area contributed by atoms with E-state index in [0.29, 0.717) is 24.2 Å². The van der Waals surface area contributed by atoms with Crippen molar-refractivity contribution in [1.82, 2.24) is 0 Å². The summed E-state index contributed by atoms with van der Waals surface area (Å²) in [6.45, 7) is 5.43. The van der Waals surface area contributed by atoms with Crippen molar-refractivity contribution >= 4 is 23.7 Å². The molecule has 0 unspecified atom stereocenters. The Labute approximate surface area is 188 Å². The molecule has 0 aliphatic rings. The van der Waals surface area contributed by atoms with Crippen molar-refractivity contribution in [3.63, 3.8) is 0 Å². The van der Waals surface area contributed by atoms with Gasteiger partial charge >= 0.3 is 11.9 Å². The minimum Gasteiger partial charge on any atom is -0.465 e. The molecule has 164 valence electrons. The number of nitriles is 2. The number of esters is 2. The first-order chi connectivity index (χ1) is 15.5. The van der Waals surface area contributed by atoms with Crippen LogP contribution in [0.3, 0.4) is 0 Å². The highest BCUT2D eigenvalue weighted by atomic mass is 16.5. The summed E-state index contributed by atoms with van der Waals surface area (Å²) < 4.78 is 10.0. The Balaban J connectivity index is 2.04. The molecule has 2 rings (SSSR count). The maximum Gasteiger partial charge on any atom is 0.338 e. The second kappa shape index (κ2) is 11.9. The molecule has 0 bridgehead atoms. The van der Waals surface area contributed by atoms with Gasteiger partial charge in [-0.1, -0.05) is 13.0 Å². The van der Waals surface area contributed by atoms with E-state index >= 15 is 0 Å². The van der Waals surface area contributed by atoms with Gasteiger partial charge in [-0.2, -0.15) is 10.5 Å². The lowest BCUT2D eigenvalue weighted by atomic mass is 10.0. The first-order valence-electron chi connectivity index (χ1n) is 10.2. The van der Waals surface area contributed by atoms with Crippen LogP contribution in [-0.4, -0.2) is 38.7 Å². The van der Waals surface area contributed by atoms with Crippen molar-refractivity contribution in [2.45, 2.75) is 20.3 Å². The first-order valence-corrected chi connectivity index (χ1v) is 10.2. The van der Waals surface area contributed by atoms with Gasteiger partial charge in [-0.15, -0.1) is 0 Å². The van der Waals surface area contributed by atoms with Crippen molar-refractivity contribution in [2.75, 3.05) is 31.7 Å². The van der Waals surface area contributed by atoms with Crippen molar-refractivity contribution in [1.29, 1.82) is 10.5 Å². The number of likely N-dealkylation sites (N-methyl/N-ethyl adjacent to an activating group) is 1. The number of ether oxygens (including phenoxy) is 2. The van der Waals surface area contributed by atoms with E-state index in [0.717, 1.165) is 23.2 Å². The zero-order chi connectivity index (χ0) is 23.5. The summed E-state index contributed by atoms with van der Waals surface area (Å²) >= 11 is 0. The Kier molecular flexibility index (Phi) is 9.01. The van der Waals surface area contributed by atoms with Crippen LogP contribution >= 0.6 is 0 Å². The third kappa shape index (κ3) is 6.20. The van der Waals surface area contributed by atoms with Crippen molar-refractivity contribution < 1.29 is 19.1 Å². The fourth-order valence-corrected chi connectivity index (χ4v) is 3.14. The number of nitrogens with zero attached hydrogens (tertiary/aromatic N) is 3. The number of hydrogen-bond acceptors (Lipinski definition) is 7. The summed E-state index contributed by atoms with van der Waals surface area (Å²) in [4.78, 5) is 25.9. The Hall–Kier alpha value is -4.10. The minimum absolute atomic E-state index is 0.0614. The van der Waals surface area contributed by atoms with Crippen LogP contribution in [0.2, 0.25) is 0 Å². The third-order valence-corrected chi connectivity index (χ3v) is 4.93. The van der Waals surface area contributed by atoms with Gasteiger partial charge in [-0.05, 0) is 66.9 Å². The van der Waals surface area contributed by atoms with Gasteiger partial charge in [-0.3, -0.25) is 0 Å². The summed E-state index contributed by atoms with van der Waals surface area (Å²) in [5.41, 5.74) is 3.61. The average Bonchev–Trinajstić information content (AvgIpc) is 2.84. The molecule has 0 fully saturated rings. The zero-order valence-electron chi connectivity index (χ0n) is 18.4. The van der Waals surface area contributed by atoms with Crippen molar-refractivity contribution in [2.24, 2.45) is 0 Å². The Morgan fingerprint density at radius 2 is 1.62 bits per heavy atom. The number of rotatable bonds is 9. The first kappa shape index (κ1) is 24.2. The molecule has 0 atom stereocenters. The Bertz CT molecular complexity index is 1060. The SMILES string of the molecule is CCc1cc(N(CC)CCOC(=O)c2ccc(C(=O)OC)cc2)ccc1C=C(C#N)C#N. The molecule has 2 aromatic carbocycles. The molecule has 0 aliphatic heterocycles. The van der Waals surface area contributed by atoms with Gasteiger partial charge in [0.05, 0.1) is 24.8 Å². The van der Waals surface area contributed by atoms with E-state index in [2.05, 4.69) is 9.64 Å². The smallest absolute Gasteiger partial charge is 0.338 e. The minimum atomic E-state index is -0.465. The third-order valence-electron chi connectivity index (χ3n) is 4.93. The predicted octanol–water partition coefficient (Wildman–Crippen LogP) is 4.15. The van der Waals surface area contributed by atoms with Gasteiger partial charge < -0.3 is 14.4 Å². The van der Waals surface area contributed by atoms with Gasteiger partial charge in [-0.25, -0.2) is 9.59 Å². The van der Waals surface area contributed by atoms with E-state index in [4.69, 9.17) is 15.3 Å². The molecule has 0 saturated carbocycles. The summed E-state index contributed by atoms with van der Waals surface area (Å²) in [7, 11) is 1.30. The van der Waals surface area contributed by atoms with E-state index in [9.17, 15) is 9.59 Å². The Morgan fingerprint density at radius 1 is 1.00 bits per heavy atom. The lowest BCUT2D eigenvalue weighted by molar-refractivity contribution is 0.0513. The van der Waals surface area contributed by atoms with Gasteiger partial charge in [0.1, 0.15) is 24.3 Å². The number of benzene rings is 2. The van der Waals surface area contributed by atoms with E-state index in [1.165, 1.54) is 31.4 Å². The molecule has 0 amide bonds. The van der Waals surface area contributed by atoms with E-state index in [1.807, 2.05) is 44.2 Å². The number of methoxy groups -OCH3 is 1. The second-order valence-electron chi connectivity index (χ2n) is 6.80. The van der Waals surface area contributed by atoms with Gasteiger partial charge in [0, 0.05) is 12.2 Å². The number of anilines is 1. The maximum absolute atomic E-state index is 12.3. The summed E-state index contributed by atoms with van der Waals surface area (Å²) in [6, 6.07) is 15.7. The fraction of sp³-hybridized carbons (Fsp3) is 0.280. The molecule has 7 nitrogen and oxygen atoms in total. The maximum atomic E-state index is 12.3. The van der Waals surface area contributed by atoms with Crippen LogP contribution in [0.15, 0.2) is 48.0 Å². The summed E-state index contributed by atoms with van der Waals surface area (Å²) in [5.74, 6) is -0.930. The van der Waals surface area contributed by atoms with Crippen LogP contribution in [0.25, 0.3) is 6.08 Å². The predicted molar refractivity (Wildman–Crippen MR) is 121 cm³/mol. The number of carbonyl (C=O) groups is 2. The highest BCUT2D eigenvalue weighted by Gasteiger charge is 2.12. The van der Waals surface area contributed by atoms with Crippen LogP contribution in [-0.2, 0) is 15.9 Å². The number of hydrogen-bond donors (Lipinski definition) is 0. The van der Waals surface area contributed by atoms with Crippen LogP contribution < -0.4 is 4.90 Å². The molecule has 0 aromatic heterocycles. The van der Waals surface area contributed by atoms with E-state index in [1.54, 1.807) is 6.08 Å². The van der Waals surface area contributed by atoms with Crippen LogP contribution in [0.4, 0.5) is 5.69 Å².